The molecule has 1 aliphatic rings. The summed E-state index contributed by atoms with van der Waals surface area (Å²) < 4.78 is 11.2. The number of benzene rings is 2. The van der Waals surface area contributed by atoms with E-state index < -0.39 is 0 Å². The molecule has 29 heavy (non-hydrogen) atoms. The second-order valence-electron chi connectivity index (χ2n) is 6.98. The van der Waals surface area contributed by atoms with Gasteiger partial charge in [-0.3, -0.25) is 0 Å². The number of rotatable bonds is 5. The van der Waals surface area contributed by atoms with Crippen molar-refractivity contribution < 1.29 is 14.3 Å². The number of hydrogen-bond acceptors (Lipinski definition) is 4. The maximum Gasteiger partial charge on any atom is 0.321 e. The van der Waals surface area contributed by atoms with Gasteiger partial charge in [0, 0.05) is 36.6 Å². The molecule has 0 unspecified atom stereocenters. The minimum absolute atomic E-state index is 0.0774. The van der Waals surface area contributed by atoms with Crippen LogP contribution in [0, 0.1) is 0 Å². The number of likely N-dealkylation sites (tertiary alicyclic amines) is 1. The molecule has 1 aliphatic heterocycles. The lowest BCUT2D eigenvalue weighted by Crippen LogP contribution is -2.40. The highest BCUT2D eigenvalue weighted by Gasteiger charge is 2.24. The number of anilines is 1. The van der Waals surface area contributed by atoms with Crippen LogP contribution in [0.25, 0.3) is 0 Å². The number of nitrogens with zero attached hydrogens (tertiary/aromatic N) is 2. The maximum atomic E-state index is 12.6. The van der Waals surface area contributed by atoms with E-state index in [2.05, 4.69) is 15.3 Å². The topological polar surface area (TPSA) is 79.5 Å². The fourth-order valence-electron chi connectivity index (χ4n) is 3.52. The van der Waals surface area contributed by atoms with E-state index in [9.17, 15) is 4.79 Å². The fourth-order valence-corrected chi connectivity index (χ4v) is 3.52. The van der Waals surface area contributed by atoms with Crippen molar-refractivity contribution in [2.24, 2.45) is 0 Å². The lowest BCUT2D eigenvalue weighted by atomic mass is 9.94. The summed E-state index contributed by atoms with van der Waals surface area (Å²) >= 11 is 0. The van der Waals surface area contributed by atoms with Crippen molar-refractivity contribution in [3.63, 3.8) is 0 Å². The van der Waals surface area contributed by atoms with Crippen LogP contribution in [0.1, 0.15) is 24.5 Å². The molecule has 0 radical (unpaired) electrons. The molecule has 1 fully saturated rings. The lowest BCUT2D eigenvalue weighted by molar-refractivity contribution is 0.194. The third kappa shape index (κ3) is 4.51. The van der Waals surface area contributed by atoms with Crippen LogP contribution >= 0.6 is 0 Å². The third-order valence-electron chi connectivity index (χ3n) is 5.14. The number of carbonyl (C=O) groups is 1. The van der Waals surface area contributed by atoms with E-state index in [1.54, 1.807) is 13.4 Å². The van der Waals surface area contributed by atoms with Crippen molar-refractivity contribution in [2.75, 3.05) is 25.5 Å². The summed E-state index contributed by atoms with van der Waals surface area (Å²) in [5.41, 5.74) is 1.88. The number of methoxy groups -OCH3 is 1. The average Bonchev–Trinajstić information content (AvgIpc) is 3.30. The number of urea groups is 1. The van der Waals surface area contributed by atoms with Gasteiger partial charge < -0.3 is 24.7 Å². The van der Waals surface area contributed by atoms with Crippen molar-refractivity contribution in [3.8, 4) is 17.2 Å². The number of aromatic nitrogens is 2. The SMILES string of the molecule is COc1ccccc1Oc1ccc(NC(=O)N2CCC(c3cnc[nH]3)CC2)cc1. The second kappa shape index (κ2) is 8.68. The van der Waals surface area contributed by atoms with Crippen molar-refractivity contribution in [1.29, 1.82) is 0 Å². The highest BCUT2D eigenvalue weighted by atomic mass is 16.5. The molecule has 0 bridgehead atoms. The Hall–Kier alpha value is -3.48. The molecule has 2 amide bonds. The molecular weight excluding hydrogens is 368 g/mol. The van der Waals surface area contributed by atoms with Crippen LogP contribution < -0.4 is 14.8 Å². The van der Waals surface area contributed by atoms with Gasteiger partial charge in [-0.05, 0) is 49.2 Å². The predicted octanol–water partition coefficient (Wildman–Crippen LogP) is 4.62. The highest BCUT2D eigenvalue weighted by molar-refractivity contribution is 5.89. The van der Waals surface area contributed by atoms with Crippen LogP contribution in [0.5, 0.6) is 17.2 Å². The largest absolute Gasteiger partial charge is 0.493 e. The number of para-hydroxylation sites is 2. The summed E-state index contributed by atoms with van der Waals surface area (Å²) in [6.45, 7) is 1.45. The number of nitrogens with one attached hydrogen (secondary N) is 2. The first-order chi connectivity index (χ1) is 14.2. The molecular formula is C22H24N4O3. The summed E-state index contributed by atoms with van der Waals surface area (Å²) in [6.07, 6.45) is 5.44. The Morgan fingerprint density at radius 3 is 2.48 bits per heavy atom. The van der Waals surface area contributed by atoms with E-state index in [1.165, 1.54) is 0 Å². The Morgan fingerprint density at radius 1 is 1.10 bits per heavy atom. The fraction of sp³-hybridized carbons (Fsp3) is 0.273. The van der Waals surface area contributed by atoms with Crippen LogP contribution in [-0.2, 0) is 0 Å². The summed E-state index contributed by atoms with van der Waals surface area (Å²) in [5.74, 6) is 2.43. The number of amides is 2. The molecule has 1 saturated heterocycles. The van der Waals surface area contributed by atoms with Crippen molar-refractivity contribution in [3.05, 3.63) is 66.7 Å². The lowest BCUT2D eigenvalue weighted by Gasteiger charge is -2.31. The molecule has 0 atom stereocenters. The summed E-state index contributed by atoms with van der Waals surface area (Å²) in [7, 11) is 1.61. The molecule has 1 aromatic heterocycles. The van der Waals surface area contributed by atoms with E-state index in [1.807, 2.05) is 59.6 Å². The molecule has 7 heteroatoms. The van der Waals surface area contributed by atoms with Gasteiger partial charge in [0.15, 0.2) is 11.5 Å². The second-order valence-corrected chi connectivity index (χ2v) is 6.98. The number of carbonyl (C=O) groups excluding carboxylic acids is 1. The van der Waals surface area contributed by atoms with Crippen LogP contribution in [-0.4, -0.2) is 41.1 Å². The minimum atomic E-state index is -0.0774. The number of imidazole rings is 1. The maximum absolute atomic E-state index is 12.6. The summed E-state index contributed by atoms with van der Waals surface area (Å²) in [5, 5.41) is 2.96. The zero-order valence-corrected chi connectivity index (χ0v) is 16.3. The van der Waals surface area contributed by atoms with Crippen molar-refractivity contribution in [1.82, 2.24) is 14.9 Å². The van der Waals surface area contributed by atoms with Crippen molar-refractivity contribution in [2.45, 2.75) is 18.8 Å². The van der Waals surface area contributed by atoms with Gasteiger partial charge in [0.25, 0.3) is 0 Å². The molecule has 0 saturated carbocycles. The summed E-state index contributed by atoms with van der Waals surface area (Å²) in [4.78, 5) is 21.7. The molecule has 2 aromatic carbocycles. The number of hydrogen-bond donors (Lipinski definition) is 2. The molecule has 150 valence electrons. The van der Waals surface area contributed by atoms with E-state index in [4.69, 9.17) is 9.47 Å². The van der Waals surface area contributed by atoms with Gasteiger partial charge in [-0.15, -0.1) is 0 Å². The van der Waals surface area contributed by atoms with E-state index in [-0.39, 0.29) is 6.03 Å². The first-order valence-corrected chi connectivity index (χ1v) is 9.68. The molecule has 2 heterocycles. The Balaban J connectivity index is 1.31. The van der Waals surface area contributed by atoms with Gasteiger partial charge in [-0.25, -0.2) is 9.78 Å². The Kier molecular flexibility index (Phi) is 5.65. The first kappa shape index (κ1) is 18.9. The van der Waals surface area contributed by atoms with E-state index in [0.29, 0.717) is 23.2 Å². The number of piperidine rings is 1. The Bertz CT molecular complexity index is 933. The van der Waals surface area contributed by atoms with Crippen molar-refractivity contribution >= 4 is 11.7 Å². The molecule has 0 aliphatic carbocycles. The van der Waals surface area contributed by atoms with Crippen LogP contribution in [0.2, 0.25) is 0 Å². The normalized spacial score (nSPS) is 14.4. The van der Waals surface area contributed by atoms with Gasteiger partial charge in [0.2, 0.25) is 0 Å². The van der Waals surface area contributed by atoms with Crippen LogP contribution in [0.15, 0.2) is 61.1 Å². The molecule has 4 rings (SSSR count). The average molecular weight is 392 g/mol. The van der Waals surface area contributed by atoms with Crippen LogP contribution in [0.3, 0.4) is 0 Å². The van der Waals surface area contributed by atoms with Gasteiger partial charge in [0.05, 0.1) is 13.4 Å². The van der Waals surface area contributed by atoms with Gasteiger partial charge in [-0.1, -0.05) is 12.1 Å². The first-order valence-electron chi connectivity index (χ1n) is 9.68. The molecule has 2 N–H and O–H groups in total. The number of ether oxygens (including phenoxy) is 2. The molecule has 7 nitrogen and oxygen atoms in total. The smallest absolute Gasteiger partial charge is 0.321 e. The predicted molar refractivity (Wildman–Crippen MR) is 111 cm³/mol. The molecule has 0 spiro atoms. The van der Waals surface area contributed by atoms with Crippen LogP contribution in [0.4, 0.5) is 10.5 Å². The summed E-state index contributed by atoms with van der Waals surface area (Å²) in [6, 6.07) is 14.7. The van der Waals surface area contributed by atoms with Gasteiger partial charge >= 0.3 is 6.03 Å². The number of H-pyrrole nitrogens is 1. The van der Waals surface area contributed by atoms with Gasteiger partial charge in [0.1, 0.15) is 5.75 Å². The number of aromatic amines is 1. The monoisotopic (exact) mass is 392 g/mol. The minimum Gasteiger partial charge on any atom is -0.493 e. The Labute approximate surface area is 169 Å². The molecule has 3 aromatic rings. The van der Waals surface area contributed by atoms with E-state index in [0.717, 1.165) is 37.3 Å². The quantitative estimate of drug-likeness (QED) is 0.664. The zero-order chi connectivity index (χ0) is 20.1. The van der Waals surface area contributed by atoms with E-state index >= 15 is 0 Å². The third-order valence-corrected chi connectivity index (χ3v) is 5.14. The Morgan fingerprint density at radius 2 is 1.83 bits per heavy atom. The zero-order valence-electron chi connectivity index (χ0n) is 16.3. The standard InChI is InChI=1S/C22H24N4O3/c1-28-20-4-2-3-5-21(20)29-18-8-6-17(7-9-18)25-22(27)26-12-10-16(11-13-26)19-14-23-15-24-19/h2-9,14-16H,10-13H2,1H3,(H,23,24)(H,25,27). The highest BCUT2D eigenvalue weighted by Crippen LogP contribution is 2.31. The van der Waals surface area contributed by atoms with Gasteiger partial charge in [-0.2, -0.15) is 0 Å².